The van der Waals surface area contributed by atoms with Crippen molar-refractivity contribution in [2.45, 2.75) is 53.4 Å². The third kappa shape index (κ3) is 2.81. The first-order chi connectivity index (χ1) is 12.0. The van der Waals surface area contributed by atoms with Gasteiger partial charge in [-0.25, -0.2) is 0 Å². The molecule has 0 aromatic rings. The Morgan fingerprint density at radius 3 is 1.92 bits per heavy atom. The standard InChI is InChI=1S/C25H36/c1-5-10-18-16-24(22-14-9-7-12-20(18)22)25(3,4)23-15-17(2)19-11-6-8-13-21(19)23/h6-9,11-14,17-24H,5,10,15-16H2,1-4H3. The highest BCUT2D eigenvalue weighted by Gasteiger charge is 2.54. The SMILES string of the molecule is CCCC1CC(C(C)(C)C2CC(C)C3C=CC=CC32)C2C=CC=CC12. The van der Waals surface area contributed by atoms with Gasteiger partial charge in [-0.05, 0) is 65.6 Å². The molecule has 0 aliphatic heterocycles. The average molecular weight is 337 g/mol. The van der Waals surface area contributed by atoms with E-state index in [1.165, 1.54) is 25.7 Å². The third-order valence-electron chi connectivity index (χ3n) is 8.33. The van der Waals surface area contributed by atoms with Crippen LogP contribution in [0, 0.1) is 52.8 Å². The summed E-state index contributed by atoms with van der Waals surface area (Å²) >= 11 is 0. The molecule has 0 spiro atoms. The molecule has 0 radical (unpaired) electrons. The number of fused-ring (bicyclic) bond motifs is 2. The van der Waals surface area contributed by atoms with E-state index in [2.05, 4.69) is 76.3 Å². The first-order valence-corrected chi connectivity index (χ1v) is 10.7. The minimum absolute atomic E-state index is 0.421. The molecular formula is C25H36. The first-order valence-electron chi connectivity index (χ1n) is 10.7. The Balaban J connectivity index is 1.61. The van der Waals surface area contributed by atoms with Gasteiger partial charge in [-0.15, -0.1) is 0 Å². The van der Waals surface area contributed by atoms with Gasteiger partial charge in [0.1, 0.15) is 0 Å². The Kier molecular flexibility index (Phi) is 4.59. The molecule has 0 N–H and O–H groups in total. The van der Waals surface area contributed by atoms with E-state index in [0.717, 1.165) is 47.3 Å². The van der Waals surface area contributed by atoms with E-state index in [1.807, 2.05) is 0 Å². The van der Waals surface area contributed by atoms with Crippen LogP contribution in [0.3, 0.4) is 0 Å². The van der Waals surface area contributed by atoms with Gasteiger partial charge in [0.05, 0.1) is 0 Å². The molecule has 2 fully saturated rings. The maximum atomic E-state index is 2.61. The highest BCUT2D eigenvalue weighted by Crippen LogP contribution is 2.60. The van der Waals surface area contributed by atoms with Gasteiger partial charge in [0.25, 0.3) is 0 Å². The summed E-state index contributed by atoms with van der Waals surface area (Å²) in [7, 11) is 0. The van der Waals surface area contributed by atoms with Crippen LogP contribution in [0.2, 0.25) is 0 Å². The number of hydrogen-bond acceptors (Lipinski definition) is 0. The van der Waals surface area contributed by atoms with Gasteiger partial charge < -0.3 is 0 Å². The molecule has 0 amide bonds. The van der Waals surface area contributed by atoms with E-state index in [4.69, 9.17) is 0 Å². The normalized spacial score (nSPS) is 45.0. The largest absolute Gasteiger partial charge is 0.0806 e. The lowest BCUT2D eigenvalue weighted by Crippen LogP contribution is -2.37. The van der Waals surface area contributed by atoms with Gasteiger partial charge >= 0.3 is 0 Å². The lowest BCUT2D eigenvalue weighted by molar-refractivity contribution is 0.0731. The summed E-state index contributed by atoms with van der Waals surface area (Å²) in [6, 6.07) is 0. The Hall–Kier alpha value is -1.04. The van der Waals surface area contributed by atoms with E-state index in [1.54, 1.807) is 0 Å². The van der Waals surface area contributed by atoms with Crippen molar-refractivity contribution in [3.05, 3.63) is 48.6 Å². The highest BCUT2D eigenvalue weighted by atomic mass is 14.6. The third-order valence-corrected chi connectivity index (χ3v) is 8.33. The van der Waals surface area contributed by atoms with Gasteiger partial charge in [0.2, 0.25) is 0 Å². The molecule has 0 aromatic carbocycles. The fraction of sp³-hybridized carbons (Fsp3) is 0.680. The van der Waals surface area contributed by atoms with Crippen molar-refractivity contribution in [1.82, 2.24) is 0 Å². The van der Waals surface area contributed by atoms with Crippen LogP contribution in [0.1, 0.15) is 53.4 Å². The average Bonchev–Trinajstić information content (AvgIpc) is 3.16. The lowest BCUT2D eigenvalue weighted by Gasteiger charge is -2.44. The lowest BCUT2D eigenvalue weighted by atomic mass is 9.61. The minimum Gasteiger partial charge on any atom is -0.0806 e. The summed E-state index contributed by atoms with van der Waals surface area (Å²) in [6.45, 7) is 10.1. The van der Waals surface area contributed by atoms with Gasteiger partial charge in [0.15, 0.2) is 0 Å². The summed E-state index contributed by atoms with van der Waals surface area (Å²) in [4.78, 5) is 0. The van der Waals surface area contributed by atoms with E-state index in [9.17, 15) is 0 Å². The number of rotatable bonds is 4. The maximum Gasteiger partial charge on any atom is -0.0131 e. The van der Waals surface area contributed by atoms with Crippen molar-refractivity contribution in [3.8, 4) is 0 Å². The molecule has 136 valence electrons. The molecule has 4 rings (SSSR count). The van der Waals surface area contributed by atoms with Crippen molar-refractivity contribution < 1.29 is 0 Å². The zero-order valence-electron chi connectivity index (χ0n) is 16.6. The molecule has 0 nitrogen and oxygen atoms in total. The Morgan fingerprint density at radius 1 is 0.760 bits per heavy atom. The number of allylic oxidation sites excluding steroid dienone is 8. The second kappa shape index (κ2) is 6.60. The van der Waals surface area contributed by atoms with Gasteiger partial charge in [-0.2, -0.15) is 0 Å². The Morgan fingerprint density at radius 2 is 1.28 bits per heavy atom. The molecule has 25 heavy (non-hydrogen) atoms. The molecule has 0 heteroatoms. The van der Waals surface area contributed by atoms with Crippen molar-refractivity contribution in [2.24, 2.45) is 52.8 Å². The molecule has 0 aromatic heterocycles. The molecule has 8 atom stereocenters. The van der Waals surface area contributed by atoms with E-state index in [0.29, 0.717) is 5.41 Å². The molecule has 0 saturated heterocycles. The Labute approximate surface area is 155 Å². The van der Waals surface area contributed by atoms with Crippen molar-refractivity contribution in [3.63, 3.8) is 0 Å². The van der Waals surface area contributed by atoms with Crippen molar-refractivity contribution in [2.75, 3.05) is 0 Å². The zero-order chi connectivity index (χ0) is 17.6. The van der Waals surface area contributed by atoms with E-state index < -0.39 is 0 Å². The van der Waals surface area contributed by atoms with E-state index >= 15 is 0 Å². The van der Waals surface area contributed by atoms with Gasteiger partial charge in [-0.1, -0.05) is 89.1 Å². The fourth-order valence-electron chi connectivity index (χ4n) is 7.04. The van der Waals surface area contributed by atoms with Crippen LogP contribution in [-0.4, -0.2) is 0 Å². The first kappa shape index (κ1) is 17.4. The maximum absolute atomic E-state index is 2.61. The van der Waals surface area contributed by atoms with Crippen LogP contribution < -0.4 is 0 Å². The Bertz CT molecular complexity index is 602. The molecule has 0 bridgehead atoms. The quantitative estimate of drug-likeness (QED) is 0.528. The molecule has 0 heterocycles. The predicted molar refractivity (Wildman–Crippen MR) is 108 cm³/mol. The monoisotopic (exact) mass is 336 g/mol. The van der Waals surface area contributed by atoms with Crippen LogP contribution in [0.15, 0.2) is 48.6 Å². The highest BCUT2D eigenvalue weighted by molar-refractivity contribution is 5.23. The molecule has 2 saturated carbocycles. The topological polar surface area (TPSA) is 0 Å². The van der Waals surface area contributed by atoms with Crippen LogP contribution >= 0.6 is 0 Å². The van der Waals surface area contributed by atoms with Crippen molar-refractivity contribution >= 4 is 0 Å². The predicted octanol–water partition coefficient (Wildman–Crippen LogP) is 6.82. The van der Waals surface area contributed by atoms with Gasteiger partial charge in [0, 0.05) is 0 Å². The van der Waals surface area contributed by atoms with Crippen LogP contribution in [0.4, 0.5) is 0 Å². The smallest absolute Gasteiger partial charge is 0.0131 e. The van der Waals surface area contributed by atoms with Crippen LogP contribution in [0.5, 0.6) is 0 Å². The van der Waals surface area contributed by atoms with E-state index in [-0.39, 0.29) is 0 Å². The summed E-state index contributed by atoms with van der Waals surface area (Å²) in [5.41, 5.74) is 0.421. The molecule has 4 aliphatic carbocycles. The van der Waals surface area contributed by atoms with Crippen molar-refractivity contribution in [1.29, 1.82) is 0 Å². The van der Waals surface area contributed by atoms with Gasteiger partial charge in [-0.3, -0.25) is 0 Å². The minimum atomic E-state index is 0.421. The molecule has 4 aliphatic rings. The van der Waals surface area contributed by atoms with Crippen LogP contribution in [0.25, 0.3) is 0 Å². The number of hydrogen-bond donors (Lipinski definition) is 0. The summed E-state index contributed by atoms with van der Waals surface area (Å²) in [5, 5.41) is 0. The summed E-state index contributed by atoms with van der Waals surface area (Å²) < 4.78 is 0. The summed E-state index contributed by atoms with van der Waals surface area (Å²) in [5.74, 6) is 6.52. The molecular weight excluding hydrogens is 300 g/mol. The summed E-state index contributed by atoms with van der Waals surface area (Å²) in [6.07, 6.45) is 24.9. The van der Waals surface area contributed by atoms with Crippen LogP contribution in [-0.2, 0) is 0 Å². The second-order valence-electron chi connectivity index (χ2n) is 9.88. The fourth-order valence-corrected chi connectivity index (χ4v) is 7.04. The zero-order valence-corrected chi connectivity index (χ0v) is 16.6. The molecule has 8 unspecified atom stereocenters. The second-order valence-corrected chi connectivity index (χ2v) is 9.88.